The van der Waals surface area contributed by atoms with E-state index in [-0.39, 0.29) is 16.1 Å². The van der Waals surface area contributed by atoms with Crippen LogP contribution < -0.4 is 15.5 Å². The summed E-state index contributed by atoms with van der Waals surface area (Å²) >= 11 is 6.05. The lowest BCUT2D eigenvalue weighted by Crippen LogP contribution is -2.39. The normalized spacial score (nSPS) is 17.9. The summed E-state index contributed by atoms with van der Waals surface area (Å²) in [5.74, 6) is 0.724. The van der Waals surface area contributed by atoms with Crippen LogP contribution in [0.4, 0.5) is 11.4 Å². The SMILES string of the molecule is CN(C)c1cc2c(cc1-c1nnc(C(C)(C)C)o1)N(Cc1ccc(Cl)cc1)C[C@@H](N)CS2(=O)=O. The van der Waals surface area contributed by atoms with Crippen molar-refractivity contribution < 1.29 is 12.8 Å². The summed E-state index contributed by atoms with van der Waals surface area (Å²) in [7, 11) is 0.0942. The average molecular weight is 504 g/mol. The van der Waals surface area contributed by atoms with Crippen LogP contribution in [0.2, 0.25) is 5.02 Å². The van der Waals surface area contributed by atoms with E-state index in [0.717, 1.165) is 5.56 Å². The summed E-state index contributed by atoms with van der Waals surface area (Å²) in [5, 5.41) is 9.16. The second kappa shape index (κ2) is 8.87. The zero-order valence-electron chi connectivity index (χ0n) is 20.0. The van der Waals surface area contributed by atoms with E-state index >= 15 is 0 Å². The lowest BCUT2D eigenvalue weighted by atomic mass is 9.97. The summed E-state index contributed by atoms with van der Waals surface area (Å²) < 4.78 is 32.7. The summed E-state index contributed by atoms with van der Waals surface area (Å²) in [4.78, 5) is 4.09. The monoisotopic (exact) mass is 503 g/mol. The molecule has 1 aliphatic heterocycles. The van der Waals surface area contributed by atoms with E-state index in [9.17, 15) is 8.42 Å². The maximum Gasteiger partial charge on any atom is 0.249 e. The Morgan fingerprint density at radius 2 is 1.85 bits per heavy atom. The molecule has 0 spiro atoms. The average Bonchev–Trinajstić information content (AvgIpc) is 3.21. The Hall–Kier alpha value is -2.62. The number of hydrogen-bond acceptors (Lipinski definition) is 8. The van der Waals surface area contributed by atoms with Crippen LogP contribution in [0.15, 0.2) is 45.7 Å². The number of benzene rings is 2. The molecule has 0 bridgehead atoms. The molecule has 0 saturated heterocycles. The van der Waals surface area contributed by atoms with Crippen LogP contribution in [0.1, 0.15) is 32.2 Å². The number of anilines is 2. The van der Waals surface area contributed by atoms with Gasteiger partial charge in [-0.1, -0.05) is 44.5 Å². The molecule has 1 atom stereocenters. The van der Waals surface area contributed by atoms with Gasteiger partial charge in [-0.2, -0.15) is 0 Å². The van der Waals surface area contributed by atoms with Gasteiger partial charge in [0.1, 0.15) is 0 Å². The fourth-order valence-corrected chi connectivity index (χ4v) is 5.77. The molecule has 1 aliphatic rings. The van der Waals surface area contributed by atoms with Crippen LogP contribution in [0, 0.1) is 0 Å². The molecule has 0 amide bonds. The Morgan fingerprint density at radius 3 is 2.44 bits per heavy atom. The molecule has 2 heterocycles. The number of nitrogens with zero attached hydrogens (tertiary/aromatic N) is 4. The van der Waals surface area contributed by atoms with E-state index in [1.165, 1.54) is 0 Å². The molecule has 3 aromatic rings. The van der Waals surface area contributed by atoms with Gasteiger partial charge in [0.2, 0.25) is 11.8 Å². The van der Waals surface area contributed by atoms with Crippen molar-refractivity contribution >= 4 is 32.8 Å². The van der Waals surface area contributed by atoms with Crippen molar-refractivity contribution in [1.82, 2.24) is 10.2 Å². The molecule has 0 saturated carbocycles. The zero-order valence-corrected chi connectivity index (χ0v) is 21.6. The molecule has 182 valence electrons. The third kappa shape index (κ3) is 4.92. The van der Waals surface area contributed by atoms with Gasteiger partial charge < -0.3 is 20.0 Å². The van der Waals surface area contributed by atoms with E-state index < -0.39 is 15.9 Å². The van der Waals surface area contributed by atoms with E-state index in [1.54, 1.807) is 6.07 Å². The molecule has 8 nitrogen and oxygen atoms in total. The topological polar surface area (TPSA) is 106 Å². The second-order valence-electron chi connectivity index (χ2n) is 9.94. The third-order valence-corrected chi connectivity index (χ3v) is 7.82. The molecule has 34 heavy (non-hydrogen) atoms. The Bertz CT molecular complexity index is 1300. The van der Waals surface area contributed by atoms with Crippen LogP contribution in [0.25, 0.3) is 11.5 Å². The first-order valence-corrected chi connectivity index (χ1v) is 13.1. The van der Waals surface area contributed by atoms with E-state index in [2.05, 4.69) is 10.2 Å². The van der Waals surface area contributed by atoms with E-state index in [4.69, 9.17) is 21.8 Å². The molecule has 2 N–H and O–H groups in total. The van der Waals surface area contributed by atoms with Gasteiger partial charge in [-0.15, -0.1) is 10.2 Å². The first kappa shape index (κ1) is 24.5. The number of hydrogen-bond donors (Lipinski definition) is 1. The van der Waals surface area contributed by atoms with E-state index in [0.29, 0.717) is 46.8 Å². The van der Waals surface area contributed by atoms with Gasteiger partial charge in [0.15, 0.2) is 9.84 Å². The largest absolute Gasteiger partial charge is 0.420 e. The molecule has 0 fully saturated rings. The number of nitrogens with two attached hydrogens (primary N) is 1. The van der Waals surface area contributed by atoms with Crippen molar-refractivity contribution in [2.24, 2.45) is 5.73 Å². The minimum absolute atomic E-state index is 0.127. The zero-order chi connectivity index (χ0) is 24.8. The first-order chi connectivity index (χ1) is 15.8. The minimum Gasteiger partial charge on any atom is -0.420 e. The fourth-order valence-electron chi connectivity index (χ4n) is 4.00. The predicted molar refractivity (Wildman–Crippen MR) is 135 cm³/mol. The maximum absolute atomic E-state index is 13.3. The highest BCUT2D eigenvalue weighted by Crippen LogP contribution is 2.41. The Morgan fingerprint density at radius 1 is 1.18 bits per heavy atom. The molecule has 0 unspecified atom stereocenters. The van der Waals surface area contributed by atoms with Crippen LogP contribution in [0.3, 0.4) is 0 Å². The maximum atomic E-state index is 13.3. The Balaban J connectivity index is 1.90. The van der Waals surface area contributed by atoms with Gasteiger partial charge in [0.25, 0.3) is 0 Å². The Labute approximate surface area is 205 Å². The summed E-state index contributed by atoms with van der Waals surface area (Å²) in [6, 6.07) is 10.5. The number of rotatable bonds is 4. The minimum atomic E-state index is -3.61. The molecular weight excluding hydrogens is 474 g/mol. The highest BCUT2D eigenvalue weighted by atomic mass is 35.5. The highest BCUT2D eigenvalue weighted by Gasteiger charge is 2.33. The van der Waals surface area contributed by atoms with Gasteiger partial charge in [0.05, 0.1) is 27.6 Å². The quantitative estimate of drug-likeness (QED) is 0.571. The highest BCUT2D eigenvalue weighted by molar-refractivity contribution is 7.91. The van der Waals surface area contributed by atoms with Crippen LogP contribution in [-0.2, 0) is 21.8 Å². The number of fused-ring (bicyclic) bond motifs is 1. The van der Waals surface area contributed by atoms with Crippen LogP contribution in [-0.4, -0.2) is 51.0 Å². The van der Waals surface area contributed by atoms with Crippen molar-refractivity contribution in [2.45, 2.75) is 43.7 Å². The molecule has 4 rings (SSSR count). The molecule has 0 aliphatic carbocycles. The predicted octanol–water partition coefficient (Wildman–Crippen LogP) is 3.87. The van der Waals surface area contributed by atoms with Gasteiger partial charge in [-0.25, -0.2) is 8.42 Å². The molecule has 1 aromatic heterocycles. The summed E-state index contributed by atoms with van der Waals surface area (Å²) in [5.41, 5.74) is 8.85. The second-order valence-corrected chi connectivity index (χ2v) is 12.4. The first-order valence-electron chi connectivity index (χ1n) is 11.0. The fraction of sp³-hybridized carbons (Fsp3) is 0.417. The number of halogens is 1. The summed E-state index contributed by atoms with van der Waals surface area (Å²) in [6.07, 6.45) is 0. The van der Waals surface area contributed by atoms with Crippen LogP contribution >= 0.6 is 11.6 Å². The van der Waals surface area contributed by atoms with Crippen molar-refractivity contribution in [2.75, 3.05) is 36.2 Å². The standard InChI is InChI=1S/C24H30ClN5O3S/c1-24(2,3)23-28-27-22(33-23)18-10-20-21(11-19(18)29(4)5)34(31,32)14-17(26)13-30(20)12-15-6-8-16(25)9-7-15/h6-11,17H,12-14,26H2,1-5H3/t17-/m1/s1. The number of aromatic nitrogens is 2. The van der Waals surface area contributed by atoms with Gasteiger partial charge >= 0.3 is 0 Å². The van der Waals surface area contributed by atoms with Crippen molar-refractivity contribution in [3.63, 3.8) is 0 Å². The van der Waals surface area contributed by atoms with Gasteiger partial charge in [0, 0.05) is 43.7 Å². The third-order valence-electron chi connectivity index (χ3n) is 5.71. The lowest BCUT2D eigenvalue weighted by molar-refractivity contribution is 0.399. The molecular formula is C24H30ClN5O3S. The Kier molecular flexibility index (Phi) is 6.39. The van der Waals surface area contributed by atoms with Gasteiger partial charge in [-0.05, 0) is 29.8 Å². The van der Waals surface area contributed by atoms with Gasteiger partial charge in [-0.3, -0.25) is 0 Å². The smallest absolute Gasteiger partial charge is 0.249 e. The molecule has 0 radical (unpaired) electrons. The van der Waals surface area contributed by atoms with Crippen molar-refractivity contribution in [1.29, 1.82) is 0 Å². The summed E-state index contributed by atoms with van der Waals surface area (Å²) in [6.45, 7) is 6.85. The van der Waals surface area contributed by atoms with Crippen LogP contribution in [0.5, 0.6) is 0 Å². The molecule has 2 aromatic carbocycles. The lowest BCUT2D eigenvalue weighted by Gasteiger charge is -2.28. The van der Waals surface area contributed by atoms with E-state index in [1.807, 2.05) is 75.0 Å². The van der Waals surface area contributed by atoms with Crippen molar-refractivity contribution in [3.05, 3.63) is 52.9 Å². The molecule has 10 heteroatoms. The number of sulfone groups is 1. The van der Waals surface area contributed by atoms with Crippen molar-refractivity contribution in [3.8, 4) is 11.5 Å².